The number of ether oxygens (including phenoxy) is 1. The minimum absolute atomic E-state index is 0.0818. The smallest absolute Gasteiger partial charge is 0.407 e. The summed E-state index contributed by atoms with van der Waals surface area (Å²) in [5.41, 5.74) is 0. The molecule has 1 atom stereocenters. The summed E-state index contributed by atoms with van der Waals surface area (Å²) in [5, 5.41) is 12.0. The van der Waals surface area contributed by atoms with Crippen molar-refractivity contribution >= 4 is 6.09 Å². The predicted octanol–water partition coefficient (Wildman–Crippen LogP) is 1.84. The second kappa shape index (κ2) is 6.90. The minimum atomic E-state index is -0.839. The topological polar surface area (TPSA) is 71.7 Å². The molecule has 1 unspecified atom stereocenters. The van der Waals surface area contributed by atoms with Gasteiger partial charge in [0, 0.05) is 0 Å². The minimum Gasteiger partial charge on any atom is -0.467 e. The third kappa shape index (κ3) is 4.35. The fourth-order valence-electron chi connectivity index (χ4n) is 1.12. The Hall–Kier alpha value is -1.49. The van der Waals surface area contributed by atoms with Crippen LogP contribution in [0.1, 0.15) is 31.6 Å². The maximum atomic E-state index is 11.1. The van der Waals surface area contributed by atoms with Gasteiger partial charge in [-0.05, 0) is 18.6 Å². The van der Waals surface area contributed by atoms with Crippen molar-refractivity contribution in [3.05, 3.63) is 24.2 Å². The van der Waals surface area contributed by atoms with Crippen molar-refractivity contribution in [2.45, 2.75) is 25.9 Å². The third-order valence-electron chi connectivity index (χ3n) is 2.04. The summed E-state index contributed by atoms with van der Waals surface area (Å²) in [6, 6.07) is 3.33. The van der Waals surface area contributed by atoms with Crippen molar-refractivity contribution in [2.24, 2.45) is 0 Å². The van der Waals surface area contributed by atoms with Gasteiger partial charge in [0.25, 0.3) is 0 Å². The quantitative estimate of drug-likeness (QED) is 0.727. The van der Waals surface area contributed by atoms with Crippen molar-refractivity contribution < 1.29 is 19.1 Å². The second-order valence-electron chi connectivity index (χ2n) is 3.40. The highest BCUT2D eigenvalue weighted by molar-refractivity contribution is 5.67. The van der Waals surface area contributed by atoms with E-state index in [-0.39, 0.29) is 6.54 Å². The van der Waals surface area contributed by atoms with Crippen LogP contribution in [-0.4, -0.2) is 24.4 Å². The Morgan fingerprint density at radius 3 is 3.12 bits per heavy atom. The van der Waals surface area contributed by atoms with E-state index in [0.717, 1.165) is 12.8 Å². The average Bonchev–Trinajstić information content (AvgIpc) is 2.79. The van der Waals surface area contributed by atoms with Gasteiger partial charge in [-0.2, -0.15) is 0 Å². The van der Waals surface area contributed by atoms with E-state index in [1.807, 2.05) is 6.92 Å². The van der Waals surface area contributed by atoms with E-state index < -0.39 is 12.2 Å². The van der Waals surface area contributed by atoms with Crippen LogP contribution in [0.25, 0.3) is 0 Å². The average molecular weight is 227 g/mol. The Kier molecular flexibility index (Phi) is 5.42. The van der Waals surface area contributed by atoms with Crippen LogP contribution in [0, 0.1) is 0 Å². The number of alkyl carbamates (subject to hydrolysis) is 1. The molecule has 0 saturated heterocycles. The van der Waals surface area contributed by atoms with Crippen LogP contribution in [0.2, 0.25) is 0 Å². The lowest BCUT2D eigenvalue weighted by Gasteiger charge is -2.09. The number of rotatable bonds is 6. The summed E-state index contributed by atoms with van der Waals surface area (Å²) in [6.07, 6.45) is 1.93. The second-order valence-corrected chi connectivity index (χ2v) is 3.40. The summed E-state index contributed by atoms with van der Waals surface area (Å²) in [5.74, 6) is 0.425. The number of hydrogen-bond donors (Lipinski definition) is 2. The van der Waals surface area contributed by atoms with Crippen LogP contribution in [0.5, 0.6) is 0 Å². The molecule has 0 aromatic carbocycles. The number of carbonyl (C=O) groups excluding carboxylic acids is 1. The molecule has 0 saturated carbocycles. The molecule has 0 radical (unpaired) electrons. The molecule has 90 valence electrons. The maximum absolute atomic E-state index is 11.1. The Morgan fingerprint density at radius 1 is 1.69 bits per heavy atom. The molecule has 1 amide bonds. The van der Waals surface area contributed by atoms with Crippen molar-refractivity contribution in [1.29, 1.82) is 0 Å². The Bertz CT molecular complexity index is 297. The van der Waals surface area contributed by atoms with E-state index in [2.05, 4.69) is 5.32 Å². The predicted molar refractivity (Wildman–Crippen MR) is 57.9 cm³/mol. The number of carbonyl (C=O) groups is 1. The fourth-order valence-corrected chi connectivity index (χ4v) is 1.12. The monoisotopic (exact) mass is 227 g/mol. The lowest BCUT2D eigenvalue weighted by molar-refractivity contribution is 0.121. The number of amides is 1. The van der Waals surface area contributed by atoms with Crippen molar-refractivity contribution in [1.82, 2.24) is 5.32 Å². The Morgan fingerprint density at radius 2 is 2.50 bits per heavy atom. The molecule has 0 spiro atoms. The van der Waals surface area contributed by atoms with Gasteiger partial charge in [0.15, 0.2) is 0 Å². The van der Waals surface area contributed by atoms with Crippen molar-refractivity contribution in [2.75, 3.05) is 13.2 Å². The molecule has 16 heavy (non-hydrogen) atoms. The zero-order chi connectivity index (χ0) is 11.8. The van der Waals surface area contributed by atoms with Crippen LogP contribution in [-0.2, 0) is 4.74 Å². The molecule has 5 nitrogen and oxygen atoms in total. The molecule has 1 aromatic heterocycles. The first-order chi connectivity index (χ1) is 7.74. The molecule has 0 aliphatic rings. The van der Waals surface area contributed by atoms with Gasteiger partial charge in [-0.3, -0.25) is 0 Å². The van der Waals surface area contributed by atoms with E-state index >= 15 is 0 Å². The van der Waals surface area contributed by atoms with E-state index in [1.54, 1.807) is 12.1 Å². The molecule has 1 rings (SSSR count). The van der Waals surface area contributed by atoms with Crippen LogP contribution in [0.3, 0.4) is 0 Å². The van der Waals surface area contributed by atoms with Gasteiger partial charge < -0.3 is 19.6 Å². The summed E-state index contributed by atoms with van der Waals surface area (Å²) in [7, 11) is 0. The summed E-state index contributed by atoms with van der Waals surface area (Å²) in [6.45, 7) is 2.50. The van der Waals surface area contributed by atoms with Gasteiger partial charge in [-0.25, -0.2) is 4.79 Å². The molecule has 1 aromatic rings. The Labute approximate surface area is 94.4 Å². The number of furan rings is 1. The lowest BCUT2D eigenvalue weighted by atomic mass is 10.3. The first kappa shape index (κ1) is 12.6. The van der Waals surface area contributed by atoms with Crippen molar-refractivity contribution in [3.8, 4) is 0 Å². The molecule has 5 heteroatoms. The highest BCUT2D eigenvalue weighted by atomic mass is 16.5. The van der Waals surface area contributed by atoms with E-state index in [4.69, 9.17) is 9.15 Å². The maximum Gasteiger partial charge on any atom is 0.407 e. The van der Waals surface area contributed by atoms with Gasteiger partial charge in [-0.15, -0.1) is 0 Å². The number of unbranched alkanes of at least 4 members (excludes halogenated alkanes) is 1. The first-order valence-corrected chi connectivity index (χ1v) is 5.36. The molecule has 0 bridgehead atoms. The van der Waals surface area contributed by atoms with Crippen molar-refractivity contribution in [3.63, 3.8) is 0 Å². The molecule has 0 fully saturated rings. The van der Waals surface area contributed by atoms with Crippen LogP contribution >= 0.6 is 0 Å². The zero-order valence-electron chi connectivity index (χ0n) is 9.31. The highest BCUT2D eigenvalue weighted by Gasteiger charge is 2.11. The van der Waals surface area contributed by atoms with Gasteiger partial charge in [0.05, 0.1) is 19.4 Å². The summed E-state index contributed by atoms with van der Waals surface area (Å²) >= 11 is 0. The SMILES string of the molecule is CCCCOC(=O)NCC(O)c1ccco1. The van der Waals surface area contributed by atoms with Crippen LogP contribution in [0.4, 0.5) is 4.79 Å². The highest BCUT2D eigenvalue weighted by Crippen LogP contribution is 2.11. The lowest BCUT2D eigenvalue weighted by Crippen LogP contribution is -2.29. The normalized spacial score (nSPS) is 12.1. The molecule has 2 N–H and O–H groups in total. The fraction of sp³-hybridized carbons (Fsp3) is 0.545. The standard InChI is InChI=1S/C11H17NO4/c1-2-3-6-16-11(14)12-8-9(13)10-5-4-7-15-10/h4-5,7,9,13H,2-3,6,8H2,1H3,(H,12,14). The van der Waals surface area contributed by atoms with Crippen LogP contribution in [0.15, 0.2) is 22.8 Å². The number of hydrogen-bond acceptors (Lipinski definition) is 4. The number of aliphatic hydroxyl groups excluding tert-OH is 1. The molecular weight excluding hydrogens is 210 g/mol. The zero-order valence-corrected chi connectivity index (χ0v) is 9.31. The first-order valence-electron chi connectivity index (χ1n) is 5.36. The largest absolute Gasteiger partial charge is 0.467 e. The molecule has 0 aliphatic carbocycles. The molecular formula is C11H17NO4. The molecule has 1 heterocycles. The number of nitrogens with one attached hydrogen (secondary N) is 1. The number of aliphatic hydroxyl groups is 1. The Balaban J connectivity index is 2.16. The summed E-state index contributed by atoms with van der Waals surface area (Å²) in [4.78, 5) is 11.1. The summed E-state index contributed by atoms with van der Waals surface area (Å²) < 4.78 is 9.84. The van der Waals surface area contributed by atoms with E-state index in [9.17, 15) is 9.90 Å². The van der Waals surface area contributed by atoms with E-state index in [1.165, 1.54) is 6.26 Å². The van der Waals surface area contributed by atoms with Gasteiger partial charge >= 0.3 is 6.09 Å². The van der Waals surface area contributed by atoms with E-state index in [0.29, 0.717) is 12.4 Å². The van der Waals surface area contributed by atoms with Gasteiger partial charge in [0.2, 0.25) is 0 Å². The van der Waals surface area contributed by atoms with Gasteiger partial charge in [0.1, 0.15) is 11.9 Å². The third-order valence-corrected chi connectivity index (χ3v) is 2.04. The van der Waals surface area contributed by atoms with Crippen LogP contribution < -0.4 is 5.32 Å². The molecule has 0 aliphatic heterocycles. The van der Waals surface area contributed by atoms with Gasteiger partial charge in [-0.1, -0.05) is 13.3 Å².